The van der Waals surface area contributed by atoms with Crippen molar-refractivity contribution >= 4 is 29.2 Å². The lowest BCUT2D eigenvalue weighted by molar-refractivity contribution is -0.222. The number of esters is 2. The van der Waals surface area contributed by atoms with Crippen molar-refractivity contribution in [3.63, 3.8) is 0 Å². The van der Waals surface area contributed by atoms with Crippen molar-refractivity contribution in [2.75, 3.05) is 17.7 Å². The summed E-state index contributed by atoms with van der Waals surface area (Å²) in [4.78, 5) is 35.9. The lowest BCUT2D eigenvalue weighted by Gasteiger charge is -2.29. The molecule has 0 aromatic heterocycles. The first-order chi connectivity index (χ1) is 12.8. The van der Waals surface area contributed by atoms with Crippen LogP contribution in [0, 0.1) is 0 Å². The van der Waals surface area contributed by atoms with E-state index in [0.29, 0.717) is 23.5 Å². The molecule has 8 heteroatoms. The zero-order valence-electron chi connectivity index (χ0n) is 15.9. The molecule has 1 aliphatic rings. The van der Waals surface area contributed by atoms with Gasteiger partial charge in [-0.15, -0.1) is 0 Å². The quantitative estimate of drug-likeness (QED) is 0.428. The highest BCUT2D eigenvalue weighted by molar-refractivity contribution is 6.15. The summed E-state index contributed by atoms with van der Waals surface area (Å²) in [6, 6.07) is 4.99. The number of methoxy groups -OCH3 is 1. The van der Waals surface area contributed by atoms with E-state index in [-0.39, 0.29) is 11.5 Å². The molecule has 2 rings (SSSR count). The number of amides is 1. The highest BCUT2D eigenvalue weighted by Crippen LogP contribution is 2.29. The van der Waals surface area contributed by atoms with Crippen LogP contribution in [0.25, 0.3) is 0 Å². The van der Waals surface area contributed by atoms with Gasteiger partial charge >= 0.3 is 11.9 Å². The van der Waals surface area contributed by atoms with E-state index < -0.39 is 17.7 Å². The summed E-state index contributed by atoms with van der Waals surface area (Å²) in [5.41, 5.74) is 0.773. The molecule has 0 spiro atoms. The smallest absolute Gasteiger partial charge is 0.350 e. The third-order valence-corrected chi connectivity index (χ3v) is 3.73. The van der Waals surface area contributed by atoms with Crippen LogP contribution in [-0.2, 0) is 23.9 Å². The van der Waals surface area contributed by atoms with Crippen LogP contribution in [0.2, 0.25) is 0 Å². The van der Waals surface area contributed by atoms with Gasteiger partial charge in [0.2, 0.25) is 5.91 Å². The Balaban J connectivity index is 2.15. The van der Waals surface area contributed by atoms with Crippen LogP contribution in [0.15, 0.2) is 30.0 Å². The Kier molecular flexibility index (Phi) is 6.44. The molecule has 1 fully saturated rings. The van der Waals surface area contributed by atoms with Gasteiger partial charge in [-0.1, -0.05) is 13.3 Å². The summed E-state index contributed by atoms with van der Waals surface area (Å²) in [5, 5.41) is 5.64. The average molecular weight is 376 g/mol. The van der Waals surface area contributed by atoms with Crippen molar-refractivity contribution in [3.05, 3.63) is 30.0 Å². The van der Waals surface area contributed by atoms with E-state index in [1.54, 1.807) is 18.2 Å². The topological polar surface area (TPSA) is 103 Å². The van der Waals surface area contributed by atoms with Crippen molar-refractivity contribution in [3.8, 4) is 5.75 Å². The first-order valence-electron chi connectivity index (χ1n) is 8.67. The van der Waals surface area contributed by atoms with Gasteiger partial charge in [-0.3, -0.25) is 4.79 Å². The van der Waals surface area contributed by atoms with Crippen LogP contribution in [0.3, 0.4) is 0 Å². The second-order valence-electron chi connectivity index (χ2n) is 6.45. The minimum atomic E-state index is -1.29. The molecule has 1 aromatic carbocycles. The molecule has 0 atom stereocenters. The van der Waals surface area contributed by atoms with E-state index >= 15 is 0 Å². The molecule has 0 saturated carbocycles. The molecule has 146 valence electrons. The molecule has 1 heterocycles. The second kappa shape index (κ2) is 8.57. The molecular weight excluding hydrogens is 352 g/mol. The van der Waals surface area contributed by atoms with Crippen molar-refractivity contribution in [2.45, 2.75) is 45.8 Å². The van der Waals surface area contributed by atoms with Gasteiger partial charge in [0.05, 0.1) is 12.8 Å². The number of rotatable bonds is 7. The van der Waals surface area contributed by atoms with Crippen LogP contribution in [0.4, 0.5) is 11.4 Å². The van der Waals surface area contributed by atoms with Crippen molar-refractivity contribution < 1.29 is 28.6 Å². The van der Waals surface area contributed by atoms with Gasteiger partial charge in [-0.05, 0) is 24.6 Å². The van der Waals surface area contributed by atoms with Gasteiger partial charge in [0.25, 0.3) is 5.79 Å². The third-order valence-electron chi connectivity index (χ3n) is 3.73. The van der Waals surface area contributed by atoms with Gasteiger partial charge in [-0.25, -0.2) is 9.59 Å². The Labute approximate surface area is 157 Å². The second-order valence-corrected chi connectivity index (χ2v) is 6.45. The summed E-state index contributed by atoms with van der Waals surface area (Å²) in [6.07, 6.45) is 3.33. The van der Waals surface area contributed by atoms with E-state index in [9.17, 15) is 14.4 Å². The SMILES string of the molecule is CCCCC(=O)Nc1cc(NC=C2C(=O)OC(C)(C)OC2=O)ccc1OC. The molecular formula is C19H24N2O6. The van der Waals surface area contributed by atoms with E-state index in [4.69, 9.17) is 14.2 Å². The minimum Gasteiger partial charge on any atom is -0.495 e. The lowest BCUT2D eigenvalue weighted by atomic mass is 10.2. The number of benzene rings is 1. The highest BCUT2D eigenvalue weighted by atomic mass is 16.7. The fourth-order valence-corrected chi connectivity index (χ4v) is 2.38. The summed E-state index contributed by atoms with van der Waals surface area (Å²) in [6.45, 7) is 4.96. The molecule has 0 bridgehead atoms. The molecule has 2 N–H and O–H groups in total. The molecule has 27 heavy (non-hydrogen) atoms. The molecule has 0 radical (unpaired) electrons. The Hall–Kier alpha value is -3.03. The molecule has 1 saturated heterocycles. The maximum atomic E-state index is 12.0. The predicted octanol–water partition coefficient (Wildman–Crippen LogP) is 2.96. The number of nitrogens with one attached hydrogen (secondary N) is 2. The highest BCUT2D eigenvalue weighted by Gasteiger charge is 2.38. The van der Waals surface area contributed by atoms with Crippen LogP contribution in [-0.4, -0.2) is 30.7 Å². The molecule has 0 aliphatic carbocycles. The first-order valence-corrected chi connectivity index (χ1v) is 8.67. The van der Waals surface area contributed by atoms with Crippen molar-refractivity contribution in [1.82, 2.24) is 0 Å². The summed E-state index contributed by atoms with van der Waals surface area (Å²) < 4.78 is 15.3. The van der Waals surface area contributed by atoms with Crippen molar-refractivity contribution in [2.24, 2.45) is 0 Å². The summed E-state index contributed by atoms with van der Waals surface area (Å²) in [7, 11) is 1.50. The maximum Gasteiger partial charge on any atom is 0.350 e. The van der Waals surface area contributed by atoms with E-state index in [1.165, 1.54) is 27.2 Å². The van der Waals surface area contributed by atoms with Crippen LogP contribution < -0.4 is 15.4 Å². The lowest BCUT2D eigenvalue weighted by Crippen LogP contribution is -2.42. The Morgan fingerprint density at radius 3 is 2.48 bits per heavy atom. The van der Waals surface area contributed by atoms with Gasteiger partial charge in [-0.2, -0.15) is 0 Å². The average Bonchev–Trinajstić information content (AvgIpc) is 2.58. The fraction of sp³-hybridized carbons (Fsp3) is 0.421. The van der Waals surface area contributed by atoms with Gasteiger partial charge in [0, 0.05) is 32.2 Å². The Bertz CT molecular complexity index is 747. The van der Waals surface area contributed by atoms with Gasteiger partial charge < -0.3 is 24.8 Å². The number of unbranched alkanes of at least 4 members (excludes halogenated alkanes) is 1. The number of carbonyl (C=O) groups is 3. The van der Waals surface area contributed by atoms with Crippen molar-refractivity contribution in [1.29, 1.82) is 0 Å². The molecule has 1 amide bonds. The Morgan fingerprint density at radius 2 is 1.89 bits per heavy atom. The minimum absolute atomic E-state index is 0.118. The monoisotopic (exact) mass is 376 g/mol. The number of ether oxygens (including phenoxy) is 3. The number of anilines is 2. The number of hydrogen-bond donors (Lipinski definition) is 2. The van der Waals surface area contributed by atoms with Crippen LogP contribution >= 0.6 is 0 Å². The zero-order chi connectivity index (χ0) is 20.0. The molecule has 0 unspecified atom stereocenters. The van der Waals surface area contributed by atoms with Gasteiger partial charge in [0.15, 0.2) is 5.57 Å². The normalized spacial score (nSPS) is 15.5. The number of hydrogen-bond acceptors (Lipinski definition) is 7. The predicted molar refractivity (Wildman–Crippen MR) is 99.1 cm³/mol. The van der Waals surface area contributed by atoms with E-state index in [2.05, 4.69) is 10.6 Å². The largest absolute Gasteiger partial charge is 0.495 e. The Morgan fingerprint density at radius 1 is 1.22 bits per heavy atom. The van der Waals surface area contributed by atoms with Crippen LogP contribution in [0.1, 0.15) is 40.0 Å². The summed E-state index contributed by atoms with van der Waals surface area (Å²) >= 11 is 0. The van der Waals surface area contributed by atoms with Crippen LogP contribution in [0.5, 0.6) is 5.75 Å². The zero-order valence-corrected chi connectivity index (χ0v) is 15.9. The van der Waals surface area contributed by atoms with E-state index in [1.807, 2.05) is 6.92 Å². The standard InChI is InChI=1S/C19H24N2O6/c1-5-6-7-16(22)21-14-10-12(8-9-15(14)25-4)20-11-13-17(23)26-19(2,3)27-18(13)24/h8-11,20H,5-7H2,1-4H3,(H,21,22). The molecule has 8 nitrogen and oxygen atoms in total. The first kappa shape index (κ1) is 20.3. The summed E-state index contributed by atoms with van der Waals surface area (Å²) in [5.74, 6) is -2.46. The van der Waals surface area contributed by atoms with Gasteiger partial charge in [0.1, 0.15) is 5.75 Å². The number of cyclic esters (lactones) is 2. The third kappa shape index (κ3) is 5.47. The molecule has 1 aromatic rings. The van der Waals surface area contributed by atoms with E-state index in [0.717, 1.165) is 12.8 Å². The molecule has 1 aliphatic heterocycles. The maximum absolute atomic E-state index is 12.0. The number of carbonyl (C=O) groups excluding carboxylic acids is 3. The fourth-order valence-electron chi connectivity index (χ4n) is 2.38.